The van der Waals surface area contributed by atoms with Crippen LogP contribution in [-0.4, -0.2) is 48.0 Å². The maximum atomic E-state index is 12.2. The number of hydrogen-bond acceptors (Lipinski definition) is 6. The molecule has 1 aliphatic rings. The zero-order valence-electron chi connectivity index (χ0n) is 13.0. The van der Waals surface area contributed by atoms with Gasteiger partial charge in [0.2, 0.25) is 20.7 Å². The van der Waals surface area contributed by atoms with E-state index in [2.05, 4.69) is 0 Å². The molecule has 1 saturated heterocycles. The monoisotopic (exact) mass is 363 g/mol. The molecule has 9 heteroatoms. The predicted molar refractivity (Wildman–Crippen MR) is 86.2 cm³/mol. The molecule has 1 aromatic carbocycles. The van der Waals surface area contributed by atoms with Crippen LogP contribution in [0.25, 0.3) is 0 Å². The Balaban J connectivity index is 2.33. The molecule has 0 spiro atoms. The molecule has 23 heavy (non-hydrogen) atoms. The van der Waals surface area contributed by atoms with Crippen LogP contribution >= 0.6 is 10.7 Å². The maximum absolute atomic E-state index is 12.2. The van der Waals surface area contributed by atoms with Crippen LogP contribution in [0, 0.1) is 5.92 Å². The van der Waals surface area contributed by atoms with Gasteiger partial charge in [-0.25, -0.2) is 8.42 Å². The second-order valence-electron chi connectivity index (χ2n) is 5.16. The molecule has 7 nitrogen and oxygen atoms in total. The van der Waals surface area contributed by atoms with E-state index < -0.39 is 9.05 Å². The molecule has 0 saturated carbocycles. The normalized spacial score (nSPS) is 18.2. The molecule has 1 unspecified atom stereocenters. The fourth-order valence-corrected chi connectivity index (χ4v) is 3.97. The van der Waals surface area contributed by atoms with Gasteiger partial charge in [0, 0.05) is 41.7 Å². The van der Waals surface area contributed by atoms with Crippen molar-refractivity contribution in [1.82, 2.24) is 0 Å². The average Bonchev–Trinajstić information content (AvgIpc) is 2.83. The van der Waals surface area contributed by atoms with Crippen LogP contribution in [0.5, 0.6) is 17.2 Å². The van der Waals surface area contributed by atoms with Crippen molar-refractivity contribution in [1.29, 1.82) is 0 Å². The van der Waals surface area contributed by atoms with E-state index in [0.29, 0.717) is 22.9 Å². The molecule has 0 N–H and O–H groups in total. The smallest absolute Gasteiger partial charge is 0.232 e. The van der Waals surface area contributed by atoms with Gasteiger partial charge in [-0.15, -0.1) is 0 Å². The zero-order valence-corrected chi connectivity index (χ0v) is 14.6. The Morgan fingerprint density at radius 2 is 1.74 bits per heavy atom. The number of nitrogens with zero attached hydrogens (tertiary/aromatic N) is 1. The van der Waals surface area contributed by atoms with Crippen molar-refractivity contribution in [2.75, 3.05) is 38.5 Å². The number of rotatable bonds is 6. The highest BCUT2D eigenvalue weighted by Crippen LogP contribution is 2.42. The minimum Gasteiger partial charge on any atom is -0.493 e. The van der Waals surface area contributed by atoms with Crippen LogP contribution in [0.4, 0.5) is 5.69 Å². The Labute approximate surface area is 139 Å². The summed E-state index contributed by atoms with van der Waals surface area (Å²) in [7, 11) is 6.08. The minimum absolute atomic E-state index is 0.128. The van der Waals surface area contributed by atoms with Gasteiger partial charge in [-0.2, -0.15) is 0 Å². The Morgan fingerprint density at radius 1 is 1.17 bits per heavy atom. The first-order valence-corrected chi connectivity index (χ1v) is 9.29. The summed E-state index contributed by atoms with van der Waals surface area (Å²) in [6, 6.07) is 3.30. The van der Waals surface area contributed by atoms with E-state index in [0.717, 1.165) is 0 Å². The van der Waals surface area contributed by atoms with Crippen molar-refractivity contribution < 1.29 is 27.4 Å². The maximum Gasteiger partial charge on any atom is 0.232 e. The van der Waals surface area contributed by atoms with Gasteiger partial charge < -0.3 is 19.1 Å². The van der Waals surface area contributed by atoms with Crippen LogP contribution in [-0.2, 0) is 13.8 Å². The number of anilines is 1. The SMILES string of the molecule is COc1cc(N2CC(CS(=O)(=O)Cl)CC2=O)cc(OC)c1OC. The third-order valence-electron chi connectivity index (χ3n) is 3.60. The highest BCUT2D eigenvalue weighted by Gasteiger charge is 2.34. The van der Waals surface area contributed by atoms with Gasteiger partial charge in [-0.3, -0.25) is 4.79 Å². The summed E-state index contributed by atoms with van der Waals surface area (Å²) >= 11 is 0. The van der Waals surface area contributed by atoms with Gasteiger partial charge in [-0.1, -0.05) is 0 Å². The molecule has 0 radical (unpaired) electrons. The lowest BCUT2D eigenvalue weighted by molar-refractivity contribution is -0.117. The predicted octanol–water partition coefficient (Wildman–Crippen LogP) is 1.63. The topological polar surface area (TPSA) is 82.1 Å². The number of hydrogen-bond donors (Lipinski definition) is 0. The molecule has 1 fully saturated rings. The third kappa shape index (κ3) is 4.00. The van der Waals surface area contributed by atoms with Crippen LogP contribution in [0.1, 0.15) is 6.42 Å². The Bertz CT molecular complexity index is 680. The lowest BCUT2D eigenvalue weighted by atomic mass is 10.1. The van der Waals surface area contributed by atoms with Crippen molar-refractivity contribution >= 4 is 31.3 Å². The molecular formula is C14H18ClNO6S. The van der Waals surface area contributed by atoms with Crippen molar-refractivity contribution in [3.8, 4) is 17.2 Å². The number of carbonyl (C=O) groups excluding carboxylic acids is 1. The highest BCUT2D eigenvalue weighted by atomic mass is 35.7. The molecule has 1 aliphatic heterocycles. The molecule has 0 aliphatic carbocycles. The standard InChI is InChI=1S/C14H18ClNO6S/c1-20-11-5-10(6-12(21-2)14(11)22-3)16-7-9(4-13(16)17)8-23(15,18)19/h5-6,9H,4,7-8H2,1-3H3. The zero-order chi connectivity index (χ0) is 17.2. The van der Waals surface area contributed by atoms with Gasteiger partial charge in [0.15, 0.2) is 11.5 Å². The molecular weight excluding hydrogens is 346 g/mol. The lowest BCUT2D eigenvalue weighted by Crippen LogP contribution is -2.25. The molecule has 128 valence electrons. The van der Waals surface area contributed by atoms with Gasteiger partial charge in [0.05, 0.1) is 32.8 Å². The second-order valence-corrected chi connectivity index (χ2v) is 7.99. The summed E-state index contributed by atoms with van der Waals surface area (Å²) < 4.78 is 38.2. The number of ether oxygens (including phenoxy) is 3. The van der Waals surface area contributed by atoms with Crippen LogP contribution in [0.15, 0.2) is 12.1 Å². The Morgan fingerprint density at radius 3 is 2.17 bits per heavy atom. The van der Waals surface area contributed by atoms with E-state index in [1.165, 1.54) is 26.2 Å². The summed E-state index contributed by atoms with van der Waals surface area (Å²) in [6.07, 6.45) is 0.128. The van der Waals surface area contributed by atoms with Crippen LogP contribution in [0.2, 0.25) is 0 Å². The molecule has 2 rings (SSSR count). The minimum atomic E-state index is -3.65. The number of amides is 1. The quantitative estimate of drug-likeness (QED) is 0.714. The van der Waals surface area contributed by atoms with Crippen molar-refractivity contribution in [2.45, 2.75) is 6.42 Å². The number of halogens is 1. The summed E-state index contributed by atoms with van der Waals surface area (Å²) in [5.41, 5.74) is 0.555. The van der Waals surface area contributed by atoms with E-state index in [4.69, 9.17) is 24.9 Å². The number of benzene rings is 1. The van der Waals surface area contributed by atoms with Gasteiger partial charge in [0.1, 0.15) is 0 Å². The van der Waals surface area contributed by atoms with Crippen molar-refractivity contribution in [3.05, 3.63) is 12.1 Å². The van der Waals surface area contributed by atoms with E-state index in [1.807, 2.05) is 0 Å². The van der Waals surface area contributed by atoms with Crippen molar-refractivity contribution in [3.63, 3.8) is 0 Å². The first kappa shape index (κ1) is 17.7. The number of carbonyl (C=O) groups is 1. The fraction of sp³-hybridized carbons (Fsp3) is 0.500. The van der Waals surface area contributed by atoms with E-state index in [9.17, 15) is 13.2 Å². The number of methoxy groups -OCH3 is 3. The van der Waals surface area contributed by atoms with Crippen LogP contribution in [0.3, 0.4) is 0 Å². The van der Waals surface area contributed by atoms with E-state index in [-0.39, 0.29) is 30.5 Å². The van der Waals surface area contributed by atoms with Gasteiger partial charge in [0.25, 0.3) is 0 Å². The average molecular weight is 364 g/mol. The molecule has 0 bridgehead atoms. The van der Waals surface area contributed by atoms with Crippen LogP contribution < -0.4 is 19.1 Å². The highest BCUT2D eigenvalue weighted by molar-refractivity contribution is 8.13. The van der Waals surface area contributed by atoms with E-state index >= 15 is 0 Å². The molecule has 1 atom stereocenters. The summed E-state index contributed by atoms with van der Waals surface area (Å²) in [5, 5.41) is 0. The largest absolute Gasteiger partial charge is 0.493 e. The van der Waals surface area contributed by atoms with E-state index in [1.54, 1.807) is 12.1 Å². The summed E-state index contributed by atoms with van der Waals surface area (Å²) in [4.78, 5) is 13.7. The first-order valence-electron chi connectivity index (χ1n) is 6.81. The molecule has 1 aromatic rings. The molecule has 1 heterocycles. The fourth-order valence-electron chi connectivity index (χ4n) is 2.65. The molecule has 1 amide bonds. The molecule has 0 aromatic heterocycles. The Hall–Kier alpha value is -1.67. The van der Waals surface area contributed by atoms with Crippen molar-refractivity contribution in [2.24, 2.45) is 5.92 Å². The summed E-state index contributed by atoms with van der Waals surface area (Å²) in [5.74, 6) is 0.506. The second kappa shape index (κ2) is 6.84. The lowest BCUT2D eigenvalue weighted by Gasteiger charge is -2.20. The van der Waals surface area contributed by atoms with Gasteiger partial charge in [-0.05, 0) is 0 Å². The first-order chi connectivity index (χ1) is 10.8. The summed E-state index contributed by atoms with van der Waals surface area (Å²) in [6.45, 7) is 0.267. The van der Waals surface area contributed by atoms with Gasteiger partial charge >= 0.3 is 0 Å². The third-order valence-corrected chi connectivity index (χ3v) is 4.85. The Kier molecular flexibility index (Phi) is 5.26.